The van der Waals surface area contributed by atoms with Crippen LogP contribution in [0, 0.1) is 0 Å². The molecule has 2 aromatic carbocycles. The average molecular weight is 298 g/mol. The highest BCUT2D eigenvalue weighted by Crippen LogP contribution is 2.23. The van der Waals surface area contributed by atoms with Crippen LogP contribution in [0.2, 0.25) is 5.02 Å². The number of pyridine rings is 1. The summed E-state index contributed by atoms with van der Waals surface area (Å²) in [6.07, 6.45) is 1.69. The van der Waals surface area contributed by atoms with Crippen LogP contribution in [0.1, 0.15) is 5.56 Å². The predicted octanol–water partition coefficient (Wildman–Crippen LogP) is 3.63. The molecule has 5 heteroatoms. The average Bonchev–Trinajstić information content (AvgIpc) is 2.49. The second-order valence-electron chi connectivity index (χ2n) is 4.52. The Hall–Kier alpha value is -2.59. The molecule has 0 saturated heterocycles. The summed E-state index contributed by atoms with van der Waals surface area (Å²) >= 11 is 6.00. The third kappa shape index (κ3) is 3.12. The number of halogens is 1. The Kier molecular flexibility index (Phi) is 3.71. The van der Waals surface area contributed by atoms with Crippen molar-refractivity contribution >= 4 is 34.4 Å². The smallest absolute Gasteiger partial charge is 0.250 e. The maximum atomic E-state index is 11.6. The number of anilines is 1. The fourth-order valence-corrected chi connectivity index (χ4v) is 2.21. The molecule has 1 aromatic heterocycles. The topological polar surface area (TPSA) is 57.2 Å². The van der Waals surface area contributed by atoms with Crippen LogP contribution in [0.4, 0.5) is 5.69 Å². The normalized spacial score (nSPS) is 11.1. The van der Waals surface area contributed by atoms with Crippen molar-refractivity contribution in [2.24, 2.45) is 5.10 Å². The highest BCUT2D eigenvalue weighted by molar-refractivity contribution is 6.31. The third-order valence-corrected chi connectivity index (χ3v) is 3.24. The van der Waals surface area contributed by atoms with E-state index in [4.69, 9.17) is 11.6 Å². The lowest BCUT2D eigenvalue weighted by Crippen LogP contribution is -2.06. The zero-order valence-electron chi connectivity index (χ0n) is 11.0. The summed E-state index contributed by atoms with van der Waals surface area (Å²) in [6, 6.07) is 16.4. The van der Waals surface area contributed by atoms with E-state index in [2.05, 4.69) is 15.5 Å². The lowest BCUT2D eigenvalue weighted by Gasteiger charge is -2.05. The molecule has 3 aromatic rings. The molecule has 3 rings (SSSR count). The molecule has 2 N–H and O–H groups in total. The van der Waals surface area contributed by atoms with Crippen LogP contribution in [0.25, 0.3) is 10.9 Å². The Morgan fingerprint density at radius 3 is 2.71 bits per heavy atom. The van der Waals surface area contributed by atoms with Gasteiger partial charge >= 0.3 is 0 Å². The van der Waals surface area contributed by atoms with Crippen LogP contribution in [0.3, 0.4) is 0 Å². The van der Waals surface area contributed by atoms with Gasteiger partial charge in [-0.25, -0.2) is 0 Å². The first-order chi connectivity index (χ1) is 10.2. The largest absolute Gasteiger partial charge is 0.322 e. The van der Waals surface area contributed by atoms with E-state index in [9.17, 15) is 4.79 Å². The Morgan fingerprint density at radius 2 is 1.90 bits per heavy atom. The molecular formula is C16H12ClN3O. The van der Waals surface area contributed by atoms with Crippen LogP contribution in [-0.4, -0.2) is 11.2 Å². The number of hydrazone groups is 1. The first kappa shape index (κ1) is 13.4. The Labute approximate surface area is 126 Å². The number of hydrogen-bond donors (Lipinski definition) is 2. The molecule has 0 aliphatic rings. The fourth-order valence-electron chi connectivity index (χ4n) is 2.03. The van der Waals surface area contributed by atoms with Crippen molar-refractivity contribution in [2.45, 2.75) is 0 Å². The number of fused-ring (bicyclic) bond motifs is 1. The van der Waals surface area contributed by atoms with E-state index in [0.29, 0.717) is 16.2 Å². The van der Waals surface area contributed by atoms with Crippen molar-refractivity contribution in [2.75, 3.05) is 5.43 Å². The number of aromatic nitrogens is 1. The Bertz CT molecular complexity index is 856. The second-order valence-corrected chi connectivity index (χ2v) is 4.95. The summed E-state index contributed by atoms with van der Waals surface area (Å²) < 4.78 is 0. The third-order valence-electron chi connectivity index (χ3n) is 3.00. The number of nitrogens with zero attached hydrogens (tertiary/aromatic N) is 1. The van der Waals surface area contributed by atoms with Crippen LogP contribution < -0.4 is 11.0 Å². The van der Waals surface area contributed by atoms with Crippen LogP contribution in [0.5, 0.6) is 0 Å². The van der Waals surface area contributed by atoms with E-state index >= 15 is 0 Å². The number of H-pyrrole nitrogens is 1. The SMILES string of the molecule is O=c1cc(N/N=C/c2ccccc2)c2cc(Cl)ccc2[nH]1. The van der Waals surface area contributed by atoms with Gasteiger partial charge in [0.2, 0.25) is 0 Å². The molecular weight excluding hydrogens is 286 g/mol. The maximum Gasteiger partial charge on any atom is 0.250 e. The summed E-state index contributed by atoms with van der Waals surface area (Å²) in [4.78, 5) is 14.4. The van der Waals surface area contributed by atoms with Gasteiger partial charge in [0.25, 0.3) is 5.56 Å². The van der Waals surface area contributed by atoms with Gasteiger partial charge in [-0.3, -0.25) is 10.2 Å². The molecule has 0 spiro atoms. The van der Waals surface area contributed by atoms with Crippen molar-refractivity contribution in [3.05, 3.63) is 75.5 Å². The molecule has 21 heavy (non-hydrogen) atoms. The van der Waals surface area contributed by atoms with Gasteiger partial charge in [-0.15, -0.1) is 0 Å². The fraction of sp³-hybridized carbons (Fsp3) is 0. The lowest BCUT2D eigenvalue weighted by atomic mass is 10.2. The maximum absolute atomic E-state index is 11.6. The summed E-state index contributed by atoms with van der Waals surface area (Å²) in [6.45, 7) is 0. The lowest BCUT2D eigenvalue weighted by molar-refractivity contribution is 1.28. The number of benzene rings is 2. The Morgan fingerprint density at radius 1 is 1.10 bits per heavy atom. The first-order valence-electron chi connectivity index (χ1n) is 6.39. The monoisotopic (exact) mass is 297 g/mol. The molecule has 0 aliphatic carbocycles. The Balaban J connectivity index is 1.95. The van der Waals surface area contributed by atoms with E-state index in [1.165, 1.54) is 6.07 Å². The molecule has 0 bridgehead atoms. The van der Waals surface area contributed by atoms with Gasteiger partial charge < -0.3 is 4.98 Å². The number of hydrogen-bond acceptors (Lipinski definition) is 3. The highest BCUT2D eigenvalue weighted by atomic mass is 35.5. The van der Waals surface area contributed by atoms with Crippen molar-refractivity contribution in [1.29, 1.82) is 0 Å². The molecule has 0 fully saturated rings. The van der Waals surface area contributed by atoms with Crippen molar-refractivity contribution in [3.63, 3.8) is 0 Å². The van der Waals surface area contributed by atoms with E-state index in [-0.39, 0.29) is 5.56 Å². The number of rotatable bonds is 3. The van der Waals surface area contributed by atoms with E-state index in [1.807, 2.05) is 30.3 Å². The minimum Gasteiger partial charge on any atom is -0.322 e. The molecule has 0 unspecified atom stereocenters. The zero-order chi connectivity index (χ0) is 14.7. The molecule has 0 radical (unpaired) electrons. The number of nitrogens with one attached hydrogen (secondary N) is 2. The van der Waals surface area contributed by atoms with Crippen LogP contribution >= 0.6 is 11.6 Å². The molecule has 0 amide bonds. The molecule has 0 atom stereocenters. The molecule has 4 nitrogen and oxygen atoms in total. The first-order valence-corrected chi connectivity index (χ1v) is 6.77. The van der Waals surface area contributed by atoms with Gasteiger partial charge in [-0.2, -0.15) is 5.10 Å². The molecule has 0 saturated carbocycles. The van der Waals surface area contributed by atoms with Crippen molar-refractivity contribution < 1.29 is 0 Å². The quantitative estimate of drug-likeness (QED) is 0.573. The van der Waals surface area contributed by atoms with Gasteiger partial charge in [0.15, 0.2) is 0 Å². The van der Waals surface area contributed by atoms with E-state index in [1.54, 1.807) is 24.4 Å². The summed E-state index contributed by atoms with van der Waals surface area (Å²) in [5.74, 6) is 0. The summed E-state index contributed by atoms with van der Waals surface area (Å²) in [5.41, 5.74) is 5.00. The predicted molar refractivity (Wildman–Crippen MR) is 87.2 cm³/mol. The summed E-state index contributed by atoms with van der Waals surface area (Å²) in [7, 11) is 0. The standard InChI is InChI=1S/C16H12ClN3O/c17-12-6-7-14-13(8-12)15(9-16(21)19-14)20-18-10-11-4-2-1-3-5-11/h1-10H,(H2,19,20,21)/b18-10+. The minimum absolute atomic E-state index is 0.192. The van der Waals surface area contributed by atoms with Gasteiger partial charge in [-0.1, -0.05) is 41.9 Å². The zero-order valence-corrected chi connectivity index (χ0v) is 11.8. The molecule has 1 heterocycles. The van der Waals surface area contributed by atoms with Gasteiger partial charge in [-0.05, 0) is 23.8 Å². The van der Waals surface area contributed by atoms with Crippen LogP contribution in [-0.2, 0) is 0 Å². The van der Waals surface area contributed by atoms with E-state index in [0.717, 1.165) is 10.9 Å². The molecule has 104 valence electrons. The molecule has 0 aliphatic heterocycles. The second kappa shape index (κ2) is 5.81. The van der Waals surface area contributed by atoms with Crippen molar-refractivity contribution in [3.8, 4) is 0 Å². The van der Waals surface area contributed by atoms with Crippen LogP contribution in [0.15, 0.2) is 64.5 Å². The number of aromatic amines is 1. The van der Waals surface area contributed by atoms with E-state index < -0.39 is 0 Å². The van der Waals surface area contributed by atoms with Crippen molar-refractivity contribution in [1.82, 2.24) is 4.98 Å². The minimum atomic E-state index is -0.192. The van der Waals surface area contributed by atoms with Gasteiger partial charge in [0.05, 0.1) is 17.4 Å². The summed E-state index contributed by atoms with van der Waals surface area (Å²) in [5, 5.41) is 5.58. The van der Waals surface area contributed by atoms with Gasteiger partial charge in [0.1, 0.15) is 0 Å². The van der Waals surface area contributed by atoms with Gasteiger partial charge in [0, 0.05) is 16.5 Å². The highest BCUT2D eigenvalue weighted by Gasteiger charge is 2.03.